The molecule has 2 N–H and O–H groups in total. The zero-order chi connectivity index (χ0) is 15.9. The molecule has 2 fully saturated rings. The Balaban J connectivity index is 1.40. The van der Waals surface area contributed by atoms with Gasteiger partial charge < -0.3 is 15.4 Å². The summed E-state index contributed by atoms with van der Waals surface area (Å²) in [4.78, 5) is 2.67. The second kappa shape index (κ2) is 8.67. The molecule has 128 valence electrons. The van der Waals surface area contributed by atoms with E-state index in [-0.39, 0.29) is 0 Å². The molecule has 4 heteroatoms. The Hall–Kier alpha value is -1.10. The van der Waals surface area contributed by atoms with Crippen LogP contribution in [0.2, 0.25) is 0 Å². The molecule has 2 aliphatic rings. The fraction of sp³-hybridized carbons (Fsp3) is 0.684. The van der Waals surface area contributed by atoms with Gasteiger partial charge in [-0.2, -0.15) is 0 Å². The van der Waals surface area contributed by atoms with Gasteiger partial charge in [0.1, 0.15) is 5.75 Å². The number of nitrogens with one attached hydrogen (secondary N) is 2. The number of nitrogens with zero attached hydrogens (tertiary/aromatic N) is 1. The zero-order valence-corrected chi connectivity index (χ0v) is 14.4. The van der Waals surface area contributed by atoms with Crippen molar-refractivity contribution < 1.29 is 4.74 Å². The maximum atomic E-state index is 5.21. The topological polar surface area (TPSA) is 36.5 Å². The monoisotopic (exact) mass is 317 g/mol. The lowest BCUT2D eigenvalue weighted by atomic mass is 9.94. The molecular formula is C19H31N3O. The molecule has 0 bridgehead atoms. The molecule has 23 heavy (non-hydrogen) atoms. The highest BCUT2D eigenvalue weighted by Crippen LogP contribution is 2.21. The Kier molecular flexibility index (Phi) is 6.31. The number of rotatable bonds is 6. The Labute approximate surface area is 140 Å². The lowest BCUT2D eigenvalue weighted by molar-refractivity contribution is 0.0928. The smallest absolute Gasteiger partial charge is 0.118 e. The van der Waals surface area contributed by atoms with Gasteiger partial charge in [-0.05, 0) is 75.5 Å². The number of piperidine rings is 2. The highest BCUT2D eigenvalue weighted by molar-refractivity contribution is 5.26. The summed E-state index contributed by atoms with van der Waals surface area (Å²) in [5.74, 6) is 1.72. The molecule has 0 aromatic heterocycles. The minimum Gasteiger partial charge on any atom is -0.497 e. The van der Waals surface area contributed by atoms with Gasteiger partial charge in [-0.25, -0.2) is 0 Å². The highest BCUT2D eigenvalue weighted by Gasteiger charge is 2.26. The fourth-order valence-corrected chi connectivity index (χ4v) is 3.83. The van der Waals surface area contributed by atoms with Gasteiger partial charge >= 0.3 is 0 Å². The molecule has 0 radical (unpaired) electrons. The lowest BCUT2D eigenvalue weighted by Gasteiger charge is -2.40. The SMILES string of the molecule is COc1ccc(CNCC2CCNC(N3CCCCC3)C2)cc1. The van der Waals surface area contributed by atoms with Gasteiger partial charge in [0.15, 0.2) is 0 Å². The number of hydrogen-bond acceptors (Lipinski definition) is 4. The summed E-state index contributed by atoms with van der Waals surface area (Å²) in [7, 11) is 1.71. The van der Waals surface area contributed by atoms with Crippen molar-refractivity contribution in [3.8, 4) is 5.75 Å². The normalized spacial score (nSPS) is 26.1. The number of benzene rings is 1. The van der Waals surface area contributed by atoms with Gasteiger partial charge in [0, 0.05) is 6.54 Å². The summed E-state index contributed by atoms with van der Waals surface area (Å²) in [6.45, 7) is 5.80. The van der Waals surface area contributed by atoms with Crippen molar-refractivity contribution in [3.63, 3.8) is 0 Å². The van der Waals surface area contributed by atoms with E-state index in [0.29, 0.717) is 6.17 Å². The molecule has 4 nitrogen and oxygen atoms in total. The van der Waals surface area contributed by atoms with Crippen molar-refractivity contribution in [2.45, 2.75) is 44.8 Å². The molecule has 0 amide bonds. The van der Waals surface area contributed by atoms with E-state index in [1.54, 1.807) is 7.11 Å². The predicted octanol–water partition coefficient (Wildman–Crippen LogP) is 2.60. The number of likely N-dealkylation sites (tertiary alicyclic amines) is 1. The van der Waals surface area contributed by atoms with Crippen LogP contribution < -0.4 is 15.4 Å². The van der Waals surface area contributed by atoms with E-state index in [1.807, 2.05) is 12.1 Å². The highest BCUT2D eigenvalue weighted by atomic mass is 16.5. The van der Waals surface area contributed by atoms with Crippen LogP contribution in [0.15, 0.2) is 24.3 Å². The van der Waals surface area contributed by atoms with Gasteiger partial charge in [-0.15, -0.1) is 0 Å². The Bertz CT molecular complexity index is 456. The van der Waals surface area contributed by atoms with Crippen molar-refractivity contribution in [3.05, 3.63) is 29.8 Å². The summed E-state index contributed by atoms with van der Waals surface area (Å²) >= 11 is 0. The first-order chi connectivity index (χ1) is 11.3. The maximum Gasteiger partial charge on any atom is 0.118 e. The quantitative estimate of drug-likeness (QED) is 0.845. The van der Waals surface area contributed by atoms with Gasteiger partial charge in [-0.3, -0.25) is 4.90 Å². The standard InChI is InChI=1S/C19H31N3O/c1-23-18-7-5-16(6-8-18)14-20-15-17-9-10-21-19(13-17)22-11-3-2-4-12-22/h5-8,17,19-21H,2-4,9-15H2,1H3. The van der Waals surface area contributed by atoms with Crippen LogP contribution in [-0.2, 0) is 6.54 Å². The first-order valence-electron chi connectivity index (χ1n) is 9.16. The molecule has 3 rings (SSSR count). The van der Waals surface area contributed by atoms with E-state index in [9.17, 15) is 0 Å². The lowest BCUT2D eigenvalue weighted by Crippen LogP contribution is -2.52. The van der Waals surface area contributed by atoms with E-state index in [4.69, 9.17) is 4.74 Å². The first kappa shape index (κ1) is 16.7. The third kappa shape index (κ3) is 4.93. The van der Waals surface area contributed by atoms with Crippen LogP contribution in [-0.4, -0.2) is 44.4 Å². The summed E-state index contributed by atoms with van der Waals surface area (Å²) in [6, 6.07) is 8.36. The van der Waals surface area contributed by atoms with Gasteiger partial charge in [0.05, 0.1) is 13.3 Å². The molecule has 0 saturated carbocycles. The molecule has 0 spiro atoms. The summed E-state index contributed by atoms with van der Waals surface area (Å²) in [5, 5.41) is 7.37. The van der Waals surface area contributed by atoms with E-state index in [2.05, 4.69) is 27.7 Å². The van der Waals surface area contributed by atoms with E-state index < -0.39 is 0 Å². The van der Waals surface area contributed by atoms with Crippen molar-refractivity contribution >= 4 is 0 Å². The third-order valence-corrected chi connectivity index (χ3v) is 5.24. The fourth-order valence-electron chi connectivity index (χ4n) is 3.83. The van der Waals surface area contributed by atoms with Crippen molar-refractivity contribution in [1.29, 1.82) is 0 Å². The Morgan fingerprint density at radius 3 is 2.70 bits per heavy atom. The van der Waals surface area contributed by atoms with Crippen LogP contribution in [0.5, 0.6) is 5.75 Å². The Morgan fingerprint density at radius 2 is 1.96 bits per heavy atom. The maximum absolute atomic E-state index is 5.21. The molecule has 2 heterocycles. The average molecular weight is 317 g/mol. The van der Waals surface area contributed by atoms with Gasteiger partial charge in [0.2, 0.25) is 0 Å². The van der Waals surface area contributed by atoms with Crippen molar-refractivity contribution in [2.24, 2.45) is 5.92 Å². The molecule has 2 saturated heterocycles. The predicted molar refractivity (Wildman–Crippen MR) is 94.6 cm³/mol. The average Bonchev–Trinajstić information content (AvgIpc) is 2.63. The summed E-state index contributed by atoms with van der Waals surface area (Å²) in [5.41, 5.74) is 1.33. The second-order valence-electron chi connectivity index (χ2n) is 6.94. The van der Waals surface area contributed by atoms with Crippen LogP contribution in [0.3, 0.4) is 0 Å². The number of hydrogen-bond donors (Lipinski definition) is 2. The zero-order valence-electron chi connectivity index (χ0n) is 14.4. The van der Waals surface area contributed by atoms with Crippen LogP contribution in [0.25, 0.3) is 0 Å². The van der Waals surface area contributed by atoms with Crippen molar-refractivity contribution in [2.75, 3.05) is 33.3 Å². The molecule has 2 aliphatic heterocycles. The minimum atomic E-state index is 0.608. The molecule has 2 atom stereocenters. The number of methoxy groups -OCH3 is 1. The summed E-state index contributed by atoms with van der Waals surface area (Å²) in [6.07, 6.45) is 7.35. The Morgan fingerprint density at radius 1 is 1.17 bits per heavy atom. The molecule has 1 aromatic rings. The number of ether oxygens (including phenoxy) is 1. The van der Waals surface area contributed by atoms with Crippen LogP contribution >= 0.6 is 0 Å². The second-order valence-corrected chi connectivity index (χ2v) is 6.94. The first-order valence-corrected chi connectivity index (χ1v) is 9.16. The van der Waals surface area contributed by atoms with Gasteiger partial charge in [0.25, 0.3) is 0 Å². The summed E-state index contributed by atoms with van der Waals surface area (Å²) < 4.78 is 5.21. The van der Waals surface area contributed by atoms with Gasteiger partial charge in [-0.1, -0.05) is 18.6 Å². The van der Waals surface area contributed by atoms with E-state index >= 15 is 0 Å². The largest absolute Gasteiger partial charge is 0.497 e. The van der Waals surface area contributed by atoms with Crippen LogP contribution in [0.1, 0.15) is 37.7 Å². The molecule has 1 aromatic carbocycles. The minimum absolute atomic E-state index is 0.608. The van der Waals surface area contributed by atoms with Crippen molar-refractivity contribution in [1.82, 2.24) is 15.5 Å². The molecule has 0 aliphatic carbocycles. The van der Waals surface area contributed by atoms with E-state index in [0.717, 1.165) is 31.3 Å². The molecule has 2 unspecified atom stereocenters. The van der Waals surface area contributed by atoms with E-state index in [1.165, 1.54) is 50.8 Å². The van der Waals surface area contributed by atoms with Crippen LogP contribution in [0, 0.1) is 5.92 Å². The van der Waals surface area contributed by atoms with Crippen LogP contribution in [0.4, 0.5) is 0 Å². The molecular weight excluding hydrogens is 286 g/mol. The third-order valence-electron chi connectivity index (χ3n) is 5.24.